The summed E-state index contributed by atoms with van der Waals surface area (Å²) in [6.45, 7) is 0. The van der Waals surface area contributed by atoms with Gasteiger partial charge in [0.05, 0.1) is 11.7 Å². The number of hydrogen-bond acceptors (Lipinski definition) is 2. The van der Waals surface area contributed by atoms with Crippen molar-refractivity contribution in [3.05, 3.63) is 11.6 Å². The van der Waals surface area contributed by atoms with Crippen molar-refractivity contribution < 1.29 is 27.8 Å². The zero-order valence-corrected chi connectivity index (χ0v) is 13.0. The van der Waals surface area contributed by atoms with Crippen LogP contribution in [0.4, 0.5) is 13.2 Å². The third-order valence-corrected chi connectivity index (χ3v) is 5.73. The fourth-order valence-corrected chi connectivity index (χ4v) is 4.57. The molecular formula is C17H23F3O3. The maximum Gasteiger partial charge on any atom is 0.419 e. The molecule has 0 aromatic rings. The van der Waals surface area contributed by atoms with Crippen LogP contribution in [0.3, 0.4) is 0 Å². The van der Waals surface area contributed by atoms with E-state index in [2.05, 4.69) is 0 Å². The Balaban J connectivity index is 1.75. The van der Waals surface area contributed by atoms with Crippen molar-refractivity contribution in [2.45, 2.75) is 69.8 Å². The Morgan fingerprint density at radius 2 is 1.78 bits per heavy atom. The zero-order valence-electron chi connectivity index (χ0n) is 13.0. The molecule has 0 amide bonds. The Hall–Kier alpha value is -1.04. The summed E-state index contributed by atoms with van der Waals surface area (Å²) in [6, 6.07) is 0. The van der Waals surface area contributed by atoms with Crippen molar-refractivity contribution in [1.29, 1.82) is 0 Å². The van der Waals surface area contributed by atoms with Crippen LogP contribution in [-0.2, 0) is 9.53 Å². The molecule has 2 saturated carbocycles. The lowest BCUT2D eigenvalue weighted by Crippen LogP contribution is -2.47. The maximum atomic E-state index is 13.1. The molecule has 3 aliphatic rings. The highest BCUT2D eigenvalue weighted by molar-refractivity contribution is 5.88. The molecule has 0 saturated heterocycles. The third-order valence-electron chi connectivity index (χ3n) is 5.73. The number of aliphatic carboxylic acids is 1. The molecule has 6 heteroatoms. The van der Waals surface area contributed by atoms with Crippen LogP contribution in [0.1, 0.15) is 51.4 Å². The number of alkyl halides is 3. The van der Waals surface area contributed by atoms with E-state index in [1.807, 2.05) is 0 Å². The van der Waals surface area contributed by atoms with Crippen molar-refractivity contribution in [3.63, 3.8) is 0 Å². The Labute approximate surface area is 133 Å². The molecule has 0 radical (unpaired) electrons. The topological polar surface area (TPSA) is 46.5 Å². The highest BCUT2D eigenvalue weighted by Gasteiger charge is 2.51. The first-order valence-corrected chi connectivity index (χ1v) is 8.53. The smallest absolute Gasteiger partial charge is 0.419 e. The van der Waals surface area contributed by atoms with Gasteiger partial charge in [0, 0.05) is 5.92 Å². The average molecular weight is 332 g/mol. The van der Waals surface area contributed by atoms with E-state index < -0.39 is 29.9 Å². The molecule has 0 spiro atoms. The summed E-state index contributed by atoms with van der Waals surface area (Å²) in [7, 11) is 0. The normalized spacial score (nSPS) is 36.2. The van der Waals surface area contributed by atoms with Gasteiger partial charge < -0.3 is 9.84 Å². The van der Waals surface area contributed by atoms with Gasteiger partial charge in [0.2, 0.25) is 0 Å². The van der Waals surface area contributed by atoms with Gasteiger partial charge in [0.25, 0.3) is 0 Å². The molecule has 1 N–H and O–H groups in total. The van der Waals surface area contributed by atoms with Gasteiger partial charge in [0.1, 0.15) is 0 Å². The van der Waals surface area contributed by atoms with Crippen LogP contribution in [-0.4, -0.2) is 29.5 Å². The molecule has 2 aliphatic carbocycles. The Kier molecular flexibility index (Phi) is 4.72. The van der Waals surface area contributed by atoms with Crippen LogP contribution in [0.2, 0.25) is 0 Å². The molecule has 0 aromatic heterocycles. The molecule has 1 aliphatic heterocycles. The molecule has 23 heavy (non-hydrogen) atoms. The summed E-state index contributed by atoms with van der Waals surface area (Å²) in [4.78, 5) is 11.1. The molecule has 130 valence electrons. The first-order valence-electron chi connectivity index (χ1n) is 8.53. The van der Waals surface area contributed by atoms with Crippen LogP contribution >= 0.6 is 0 Å². The predicted molar refractivity (Wildman–Crippen MR) is 77.8 cm³/mol. The van der Waals surface area contributed by atoms with Gasteiger partial charge in [-0.25, -0.2) is 4.79 Å². The number of fused-ring (bicyclic) bond motifs is 1. The van der Waals surface area contributed by atoms with Crippen molar-refractivity contribution in [2.24, 2.45) is 17.8 Å². The monoisotopic (exact) mass is 332 g/mol. The van der Waals surface area contributed by atoms with Gasteiger partial charge in [-0.3, -0.25) is 0 Å². The van der Waals surface area contributed by atoms with E-state index in [9.17, 15) is 18.0 Å². The van der Waals surface area contributed by atoms with Crippen LogP contribution in [0.15, 0.2) is 11.6 Å². The number of hydrogen-bond donors (Lipinski definition) is 1. The van der Waals surface area contributed by atoms with Crippen LogP contribution in [0, 0.1) is 17.8 Å². The number of carboxylic acids is 1. The van der Waals surface area contributed by atoms with Gasteiger partial charge in [-0.2, -0.15) is 13.2 Å². The molecule has 4 unspecified atom stereocenters. The second-order valence-electron chi connectivity index (χ2n) is 7.16. The Bertz CT molecular complexity index is 480. The first kappa shape index (κ1) is 16.8. The van der Waals surface area contributed by atoms with Crippen molar-refractivity contribution >= 4 is 5.97 Å². The van der Waals surface area contributed by atoms with E-state index in [4.69, 9.17) is 9.84 Å². The van der Waals surface area contributed by atoms with E-state index in [0.717, 1.165) is 12.8 Å². The van der Waals surface area contributed by atoms with E-state index in [0.29, 0.717) is 18.3 Å². The van der Waals surface area contributed by atoms with E-state index in [1.165, 1.54) is 38.2 Å². The third kappa shape index (κ3) is 3.57. The number of carboxylic acid groups (broad SMARTS) is 1. The standard InChI is InChI=1S/C17H23F3O3/c18-17(19,20)15-13(16(21)22)8-12-7-6-11(9-14(12)23-15)10-4-2-1-3-5-10/h8,10-12,14-15H,1-7,9H2,(H,21,22). The summed E-state index contributed by atoms with van der Waals surface area (Å²) in [5, 5.41) is 9.07. The largest absolute Gasteiger partial charge is 0.478 e. The van der Waals surface area contributed by atoms with Crippen LogP contribution in [0.25, 0.3) is 0 Å². The second kappa shape index (κ2) is 6.46. The highest BCUT2D eigenvalue weighted by Crippen LogP contribution is 2.45. The minimum Gasteiger partial charge on any atom is -0.478 e. The van der Waals surface area contributed by atoms with Crippen molar-refractivity contribution in [2.75, 3.05) is 0 Å². The molecule has 3 nitrogen and oxygen atoms in total. The van der Waals surface area contributed by atoms with Gasteiger partial charge in [-0.15, -0.1) is 0 Å². The maximum absolute atomic E-state index is 13.1. The minimum atomic E-state index is -4.67. The summed E-state index contributed by atoms with van der Waals surface area (Å²) in [5.74, 6) is -0.701. The number of rotatable bonds is 2. The van der Waals surface area contributed by atoms with Crippen molar-refractivity contribution in [3.8, 4) is 0 Å². The van der Waals surface area contributed by atoms with Gasteiger partial charge in [-0.05, 0) is 31.1 Å². The predicted octanol–water partition coefficient (Wildman–Crippen LogP) is 4.32. The average Bonchev–Trinajstić information content (AvgIpc) is 2.53. The molecule has 4 atom stereocenters. The number of ether oxygens (including phenoxy) is 1. The van der Waals surface area contributed by atoms with Crippen LogP contribution < -0.4 is 0 Å². The van der Waals surface area contributed by atoms with Gasteiger partial charge in [-0.1, -0.05) is 38.2 Å². The van der Waals surface area contributed by atoms with E-state index in [-0.39, 0.29) is 5.92 Å². The van der Waals surface area contributed by atoms with Crippen LogP contribution in [0.5, 0.6) is 0 Å². The SMILES string of the molecule is O=C(O)C1=CC2CCC(C3CCCCC3)CC2OC1C(F)(F)F. The van der Waals surface area contributed by atoms with E-state index >= 15 is 0 Å². The van der Waals surface area contributed by atoms with E-state index in [1.54, 1.807) is 0 Å². The summed E-state index contributed by atoms with van der Waals surface area (Å²) in [6.07, 6.45) is 2.20. The van der Waals surface area contributed by atoms with Gasteiger partial charge in [0.15, 0.2) is 6.10 Å². The quantitative estimate of drug-likeness (QED) is 0.819. The lowest BCUT2D eigenvalue weighted by atomic mass is 9.69. The summed E-state index contributed by atoms with van der Waals surface area (Å²) in [5.41, 5.74) is -0.644. The molecular weight excluding hydrogens is 309 g/mol. The minimum absolute atomic E-state index is 0.195. The molecule has 0 aromatic carbocycles. The summed E-state index contributed by atoms with van der Waals surface area (Å²) < 4.78 is 44.7. The fraction of sp³-hybridized carbons (Fsp3) is 0.824. The Morgan fingerprint density at radius 3 is 2.39 bits per heavy atom. The molecule has 3 rings (SSSR count). The lowest BCUT2D eigenvalue weighted by molar-refractivity contribution is -0.234. The first-order chi connectivity index (χ1) is 10.9. The fourth-order valence-electron chi connectivity index (χ4n) is 4.57. The van der Waals surface area contributed by atoms with Crippen molar-refractivity contribution in [1.82, 2.24) is 0 Å². The highest BCUT2D eigenvalue weighted by atomic mass is 19.4. The Morgan fingerprint density at radius 1 is 1.09 bits per heavy atom. The zero-order chi connectivity index (χ0) is 16.6. The lowest BCUT2D eigenvalue weighted by Gasteiger charge is -2.43. The second-order valence-corrected chi connectivity index (χ2v) is 7.16. The molecule has 2 fully saturated rings. The van der Waals surface area contributed by atoms with Gasteiger partial charge >= 0.3 is 12.1 Å². The number of carbonyl (C=O) groups is 1. The molecule has 0 bridgehead atoms. The molecule has 1 heterocycles. The number of halogens is 3. The summed E-state index contributed by atoms with van der Waals surface area (Å²) >= 11 is 0.